The van der Waals surface area contributed by atoms with Crippen molar-refractivity contribution in [1.29, 1.82) is 0 Å². The molecule has 1 aromatic heterocycles. The molecule has 1 aliphatic rings. The molecule has 0 radical (unpaired) electrons. The van der Waals surface area contributed by atoms with Crippen molar-refractivity contribution >= 4 is 5.91 Å². The van der Waals surface area contributed by atoms with Crippen molar-refractivity contribution in [2.24, 2.45) is 11.8 Å². The maximum atomic E-state index is 12.3. The molecular weight excluding hydrogens is 250 g/mol. The Kier molecular flexibility index (Phi) is 4.43. The van der Waals surface area contributed by atoms with Crippen molar-refractivity contribution in [3.63, 3.8) is 0 Å². The largest absolute Gasteiger partial charge is 0.352 e. The van der Waals surface area contributed by atoms with Gasteiger partial charge in [0.15, 0.2) is 0 Å². The third kappa shape index (κ3) is 3.57. The summed E-state index contributed by atoms with van der Waals surface area (Å²) < 4.78 is 0. The Bertz CT molecular complexity index is 453. The summed E-state index contributed by atoms with van der Waals surface area (Å²) >= 11 is 0. The van der Waals surface area contributed by atoms with E-state index < -0.39 is 0 Å². The zero-order chi connectivity index (χ0) is 14.8. The molecule has 1 saturated heterocycles. The fourth-order valence-electron chi connectivity index (χ4n) is 2.68. The average molecular weight is 275 g/mol. The summed E-state index contributed by atoms with van der Waals surface area (Å²) in [6.07, 6.45) is 3.53. The average Bonchev–Trinajstić information content (AvgIpc) is 2.79. The Morgan fingerprint density at radius 3 is 2.75 bits per heavy atom. The highest BCUT2D eigenvalue weighted by Crippen LogP contribution is 2.29. The second kappa shape index (κ2) is 5.92. The highest BCUT2D eigenvalue weighted by molar-refractivity contribution is 5.79. The number of amides is 1. The molecule has 1 aliphatic heterocycles. The van der Waals surface area contributed by atoms with E-state index in [1.165, 1.54) is 0 Å². The van der Waals surface area contributed by atoms with E-state index in [2.05, 4.69) is 42.9 Å². The van der Waals surface area contributed by atoms with Crippen LogP contribution < -0.4 is 5.32 Å². The van der Waals surface area contributed by atoms with Crippen LogP contribution in [0.4, 0.5) is 0 Å². The maximum Gasteiger partial charge on any atom is 0.224 e. The molecule has 1 fully saturated rings. The molecule has 4 heteroatoms. The lowest BCUT2D eigenvalue weighted by atomic mass is 9.97. The van der Waals surface area contributed by atoms with Gasteiger partial charge in [0, 0.05) is 37.6 Å². The van der Waals surface area contributed by atoms with E-state index in [-0.39, 0.29) is 17.4 Å². The lowest BCUT2D eigenvalue weighted by Crippen LogP contribution is -2.41. The molecule has 2 atom stereocenters. The summed E-state index contributed by atoms with van der Waals surface area (Å²) in [7, 11) is 0. The number of carbonyl (C=O) groups excluding carboxylic acids is 1. The Morgan fingerprint density at radius 1 is 1.45 bits per heavy atom. The summed E-state index contributed by atoms with van der Waals surface area (Å²) in [5.41, 5.74) is 1.17. The number of likely N-dealkylation sites (tertiary alicyclic amines) is 1. The van der Waals surface area contributed by atoms with Gasteiger partial charge in [0.1, 0.15) is 0 Å². The molecule has 2 rings (SSSR count). The summed E-state index contributed by atoms with van der Waals surface area (Å²) in [6, 6.07) is 3.87. The van der Waals surface area contributed by atoms with E-state index in [0.29, 0.717) is 12.5 Å². The fourth-order valence-corrected chi connectivity index (χ4v) is 2.68. The van der Waals surface area contributed by atoms with Gasteiger partial charge in [0.05, 0.1) is 5.92 Å². The second-order valence-corrected chi connectivity index (χ2v) is 6.74. The predicted octanol–water partition coefficient (Wildman–Crippen LogP) is 2.06. The van der Waals surface area contributed by atoms with Gasteiger partial charge in [-0.25, -0.2) is 0 Å². The van der Waals surface area contributed by atoms with Crippen LogP contribution in [0, 0.1) is 11.8 Å². The van der Waals surface area contributed by atoms with Crippen LogP contribution in [0.3, 0.4) is 0 Å². The highest BCUT2D eigenvalue weighted by atomic mass is 16.1. The lowest BCUT2D eigenvalue weighted by Gasteiger charge is -2.31. The minimum Gasteiger partial charge on any atom is -0.352 e. The van der Waals surface area contributed by atoms with Crippen LogP contribution >= 0.6 is 0 Å². The molecule has 0 unspecified atom stereocenters. The number of pyridine rings is 1. The summed E-state index contributed by atoms with van der Waals surface area (Å²) in [5, 5.41) is 3.04. The van der Waals surface area contributed by atoms with Crippen LogP contribution in [-0.4, -0.2) is 34.4 Å². The van der Waals surface area contributed by atoms with Gasteiger partial charge in [0.2, 0.25) is 5.91 Å². The number of nitrogens with zero attached hydrogens (tertiary/aromatic N) is 2. The van der Waals surface area contributed by atoms with E-state index in [1.54, 1.807) is 12.4 Å². The molecule has 110 valence electrons. The first-order valence-corrected chi connectivity index (χ1v) is 7.29. The van der Waals surface area contributed by atoms with Crippen molar-refractivity contribution in [3.8, 4) is 0 Å². The van der Waals surface area contributed by atoms with Crippen LogP contribution in [-0.2, 0) is 11.3 Å². The Labute approximate surface area is 121 Å². The fraction of sp³-hybridized carbons (Fsp3) is 0.625. The van der Waals surface area contributed by atoms with Crippen molar-refractivity contribution in [1.82, 2.24) is 15.2 Å². The normalized spacial score (nSPS) is 23.8. The second-order valence-electron chi connectivity index (χ2n) is 6.74. The van der Waals surface area contributed by atoms with E-state index >= 15 is 0 Å². The maximum absolute atomic E-state index is 12.3. The highest BCUT2D eigenvalue weighted by Gasteiger charge is 2.38. The number of hydrogen-bond acceptors (Lipinski definition) is 3. The van der Waals surface area contributed by atoms with Crippen LogP contribution in [0.1, 0.15) is 33.3 Å². The molecule has 0 aromatic carbocycles. The Hall–Kier alpha value is -1.42. The van der Waals surface area contributed by atoms with Gasteiger partial charge in [-0.2, -0.15) is 0 Å². The van der Waals surface area contributed by atoms with Crippen LogP contribution in [0.5, 0.6) is 0 Å². The predicted molar refractivity (Wildman–Crippen MR) is 80.1 cm³/mol. The van der Waals surface area contributed by atoms with E-state index in [9.17, 15) is 4.79 Å². The first kappa shape index (κ1) is 15.0. The van der Waals surface area contributed by atoms with Gasteiger partial charge in [-0.1, -0.05) is 13.0 Å². The first-order chi connectivity index (χ1) is 9.38. The van der Waals surface area contributed by atoms with Crippen molar-refractivity contribution in [2.45, 2.75) is 39.8 Å². The zero-order valence-electron chi connectivity index (χ0n) is 12.9. The molecule has 1 N–H and O–H groups in total. The van der Waals surface area contributed by atoms with Crippen molar-refractivity contribution in [2.75, 3.05) is 13.1 Å². The molecule has 0 spiro atoms. The van der Waals surface area contributed by atoms with Crippen molar-refractivity contribution < 1.29 is 4.79 Å². The van der Waals surface area contributed by atoms with Crippen LogP contribution in [0.25, 0.3) is 0 Å². The summed E-state index contributed by atoms with van der Waals surface area (Å²) in [4.78, 5) is 18.8. The SMILES string of the molecule is C[C@H]1CN(C(C)(C)C)C[C@H]1C(=O)NCc1cccnc1. The number of rotatable bonds is 3. The third-order valence-electron chi connectivity index (χ3n) is 4.09. The van der Waals surface area contributed by atoms with Gasteiger partial charge >= 0.3 is 0 Å². The first-order valence-electron chi connectivity index (χ1n) is 7.29. The minimum absolute atomic E-state index is 0.0888. The standard InChI is InChI=1S/C16H25N3O/c1-12-10-19(16(2,3)4)11-14(12)15(20)18-9-13-6-5-7-17-8-13/h5-8,12,14H,9-11H2,1-4H3,(H,18,20)/t12-,14+/m0/s1. The summed E-state index contributed by atoms with van der Waals surface area (Å²) in [6.45, 7) is 11.2. The van der Waals surface area contributed by atoms with Crippen LogP contribution in [0.15, 0.2) is 24.5 Å². The number of carbonyl (C=O) groups is 1. The van der Waals surface area contributed by atoms with Gasteiger partial charge < -0.3 is 5.32 Å². The molecule has 4 nitrogen and oxygen atoms in total. The van der Waals surface area contributed by atoms with Gasteiger partial charge in [0.25, 0.3) is 0 Å². The molecule has 0 saturated carbocycles. The quantitative estimate of drug-likeness (QED) is 0.918. The van der Waals surface area contributed by atoms with E-state index in [4.69, 9.17) is 0 Å². The zero-order valence-corrected chi connectivity index (χ0v) is 12.9. The molecule has 0 bridgehead atoms. The number of aromatic nitrogens is 1. The van der Waals surface area contributed by atoms with Crippen molar-refractivity contribution in [3.05, 3.63) is 30.1 Å². The molecule has 1 aromatic rings. The van der Waals surface area contributed by atoms with Gasteiger partial charge in [-0.15, -0.1) is 0 Å². The molecule has 1 amide bonds. The molecule has 2 heterocycles. The summed E-state index contributed by atoms with van der Waals surface area (Å²) in [5.74, 6) is 0.655. The lowest BCUT2D eigenvalue weighted by molar-refractivity contribution is -0.125. The monoisotopic (exact) mass is 275 g/mol. The van der Waals surface area contributed by atoms with Gasteiger partial charge in [-0.3, -0.25) is 14.7 Å². The van der Waals surface area contributed by atoms with Crippen LogP contribution in [0.2, 0.25) is 0 Å². The Balaban J connectivity index is 1.90. The third-order valence-corrected chi connectivity index (χ3v) is 4.09. The molecule has 20 heavy (non-hydrogen) atoms. The van der Waals surface area contributed by atoms with E-state index in [0.717, 1.165) is 18.7 Å². The minimum atomic E-state index is 0.0888. The Morgan fingerprint density at radius 2 is 2.20 bits per heavy atom. The number of hydrogen-bond donors (Lipinski definition) is 1. The van der Waals surface area contributed by atoms with E-state index in [1.807, 2.05) is 12.1 Å². The molecular formula is C16H25N3O. The van der Waals surface area contributed by atoms with Gasteiger partial charge in [-0.05, 0) is 38.3 Å². The molecule has 0 aliphatic carbocycles. The number of nitrogens with one attached hydrogen (secondary N) is 1. The smallest absolute Gasteiger partial charge is 0.224 e. The topological polar surface area (TPSA) is 45.2 Å².